The van der Waals surface area contributed by atoms with E-state index in [9.17, 15) is 14.4 Å². The van der Waals surface area contributed by atoms with Crippen molar-refractivity contribution in [2.24, 2.45) is 0 Å². The second-order valence-corrected chi connectivity index (χ2v) is 12.7. The van der Waals surface area contributed by atoms with Gasteiger partial charge in [0.15, 0.2) is 0 Å². The summed E-state index contributed by atoms with van der Waals surface area (Å²) in [6, 6.07) is 16.6. The number of carbonyl (C=O) groups excluding carboxylic acids is 3. The van der Waals surface area contributed by atoms with Gasteiger partial charge in [0.05, 0.1) is 18.8 Å². The number of aromatic nitrogens is 1. The first-order chi connectivity index (χ1) is 22.3. The van der Waals surface area contributed by atoms with E-state index in [2.05, 4.69) is 46.5 Å². The Balaban J connectivity index is 1.23. The van der Waals surface area contributed by atoms with Crippen molar-refractivity contribution in [3.63, 3.8) is 0 Å². The number of urea groups is 1. The summed E-state index contributed by atoms with van der Waals surface area (Å²) in [6.45, 7) is 16.2. The van der Waals surface area contributed by atoms with Crippen LogP contribution in [0.1, 0.15) is 25.1 Å². The maximum atomic E-state index is 13.7. The van der Waals surface area contributed by atoms with Crippen LogP contribution < -0.4 is 10.2 Å². The molecule has 3 saturated heterocycles. The molecule has 12 nitrogen and oxygen atoms in total. The van der Waals surface area contributed by atoms with Gasteiger partial charge in [-0.1, -0.05) is 42.5 Å². The molecule has 0 radical (unpaired) electrons. The van der Waals surface area contributed by atoms with Crippen molar-refractivity contribution in [1.82, 2.24) is 39.9 Å². The van der Waals surface area contributed by atoms with Gasteiger partial charge in [-0.25, -0.2) is 19.8 Å². The summed E-state index contributed by atoms with van der Waals surface area (Å²) in [5.41, 5.74) is 1.87. The first-order valence-corrected chi connectivity index (χ1v) is 16.3. The molecule has 1 aromatic carbocycles. The Morgan fingerprint density at radius 1 is 1.07 bits per heavy atom. The number of piperazine rings is 1. The number of hydrogen-bond donors (Lipinski definition) is 1. The molecule has 3 amide bonds. The lowest BCUT2D eigenvalue weighted by atomic mass is 10.1. The number of hydrazine groups is 1. The molecule has 12 heteroatoms. The molecule has 0 saturated carbocycles. The predicted octanol–water partition coefficient (Wildman–Crippen LogP) is 1.71. The van der Waals surface area contributed by atoms with E-state index in [-0.39, 0.29) is 25.0 Å². The predicted molar refractivity (Wildman–Crippen MR) is 179 cm³/mol. The molecule has 3 fully saturated rings. The number of hydrogen-bond acceptors (Lipinski definition) is 9. The van der Waals surface area contributed by atoms with Crippen LogP contribution in [-0.4, -0.2) is 144 Å². The highest BCUT2D eigenvalue weighted by molar-refractivity contribution is 5.84. The van der Waals surface area contributed by atoms with Gasteiger partial charge in [0.1, 0.15) is 18.3 Å². The van der Waals surface area contributed by atoms with E-state index in [0.717, 1.165) is 56.3 Å². The van der Waals surface area contributed by atoms with Crippen LogP contribution >= 0.6 is 0 Å². The normalized spacial score (nSPS) is 20.3. The number of pyridine rings is 1. The van der Waals surface area contributed by atoms with E-state index < -0.39 is 6.17 Å². The molecule has 0 spiro atoms. The van der Waals surface area contributed by atoms with Crippen LogP contribution in [0.5, 0.6) is 0 Å². The number of benzene rings is 1. The van der Waals surface area contributed by atoms with Crippen LogP contribution in [0.25, 0.3) is 0 Å². The van der Waals surface area contributed by atoms with Gasteiger partial charge in [0.2, 0.25) is 5.91 Å². The highest BCUT2D eigenvalue weighted by Gasteiger charge is 2.42. The second kappa shape index (κ2) is 15.6. The van der Waals surface area contributed by atoms with Crippen LogP contribution in [-0.2, 0) is 22.7 Å². The number of nitrogens with zero attached hydrogens (tertiary/aromatic N) is 8. The molecular formula is C34H49N9O3. The highest BCUT2D eigenvalue weighted by Crippen LogP contribution is 2.24. The monoisotopic (exact) mass is 631 g/mol. The van der Waals surface area contributed by atoms with E-state index in [4.69, 9.17) is 4.98 Å². The summed E-state index contributed by atoms with van der Waals surface area (Å²) in [4.78, 5) is 54.5. The molecule has 4 heterocycles. The summed E-state index contributed by atoms with van der Waals surface area (Å²) >= 11 is 0. The van der Waals surface area contributed by atoms with Gasteiger partial charge in [-0.15, -0.1) is 6.58 Å². The summed E-state index contributed by atoms with van der Waals surface area (Å²) in [7, 11) is 1.95. The molecule has 5 rings (SSSR count). The van der Waals surface area contributed by atoms with Gasteiger partial charge < -0.3 is 19.9 Å². The standard InChI is InChI=1S/C34H49N9O3/c1-5-14-41-26-33(45)42(19-20-44)32(43(41)34(46)35-21-28-10-7-6-8-11-28)25-37(4)22-29-12-9-13-31(36-29)40-23-30(24-40)39-17-15-38(16-18-39)27(2)3/h5-13,20,27,30,32H,1,14-19,21-26H2,2-4H3,(H,35,46). The molecule has 1 aromatic heterocycles. The summed E-state index contributed by atoms with van der Waals surface area (Å²) in [6.07, 6.45) is 1.69. The molecule has 1 atom stereocenters. The minimum absolute atomic E-state index is 0.0212. The third kappa shape index (κ3) is 8.11. The van der Waals surface area contributed by atoms with Crippen molar-refractivity contribution in [3.05, 3.63) is 72.4 Å². The first kappa shape index (κ1) is 33.5. The minimum Gasteiger partial charge on any atom is -0.353 e. The second-order valence-electron chi connectivity index (χ2n) is 12.7. The smallest absolute Gasteiger partial charge is 0.334 e. The number of anilines is 1. The average Bonchev–Trinajstić information content (AvgIpc) is 3.02. The maximum Gasteiger partial charge on any atom is 0.334 e. The fourth-order valence-electron chi connectivity index (χ4n) is 6.55. The minimum atomic E-state index is -0.692. The largest absolute Gasteiger partial charge is 0.353 e. The van der Waals surface area contributed by atoms with Crippen molar-refractivity contribution in [1.29, 1.82) is 0 Å². The Hall–Kier alpha value is -3.84. The highest BCUT2D eigenvalue weighted by atomic mass is 16.2. The number of rotatable bonds is 13. The van der Waals surface area contributed by atoms with Crippen molar-refractivity contribution in [2.75, 3.05) is 77.4 Å². The zero-order valence-electron chi connectivity index (χ0n) is 27.5. The molecular weight excluding hydrogens is 582 g/mol. The Labute approximate surface area is 273 Å². The van der Waals surface area contributed by atoms with Crippen molar-refractivity contribution < 1.29 is 14.4 Å². The quantitative estimate of drug-likeness (QED) is 0.262. The number of likely N-dealkylation sites (N-methyl/N-ethyl adjacent to an activating group) is 1. The topological polar surface area (TPSA) is 98.8 Å². The zero-order valence-corrected chi connectivity index (χ0v) is 27.5. The molecule has 0 bridgehead atoms. The van der Waals surface area contributed by atoms with E-state index in [0.29, 0.717) is 44.5 Å². The third-order valence-electron chi connectivity index (χ3n) is 9.17. The maximum absolute atomic E-state index is 13.7. The van der Waals surface area contributed by atoms with Gasteiger partial charge in [0.25, 0.3) is 0 Å². The van der Waals surface area contributed by atoms with E-state index in [1.807, 2.05) is 54.4 Å². The SMILES string of the molecule is C=CCN1CC(=O)N(CC=O)C(CN(C)Cc2cccc(N3CC(N4CCN(C(C)C)CC4)C3)n2)N1C(=O)NCc1ccccc1. The van der Waals surface area contributed by atoms with Crippen LogP contribution in [0.15, 0.2) is 61.2 Å². The van der Waals surface area contributed by atoms with E-state index >= 15 is 0 Å². The molecule has 1 unspecified atom stereocenters. The third-order valence-corrected chi connectivity index (χ3v) is 9.17. The lowest BCUT2D eigenvalue weighted by Gasteiger charge is -2.49. The van der Waals surface area contributed by atoms with Gasteiger partial charge >= 0.3 is 6.03 Å². The van der Waals surface area contributed by atoms with Gasteiger partial charge in [-0.3, -0.25) is 19.5 Å². The Morgan fingerprint density at radius 2 is 1.80 bits per heavy atom. The molecule has 248 valence electrons. The molecule has 2 aromatic rings. The summed E-state index contributed by atoms with van der Waals surface area (Å²) < 4.78 is 0. The van der Waals surface area contributed by atoms with Crippen molar-refractivity contribution in [3.8, 4) is 0 Å². The number of carbonyl (C=O) groups is 3. The van der Waals surface area contributed by atoms with E-state index in [1.54, 1.807) is 16.1 Å². The Kier molecular flexibility index (Phi) is 11.4. The number of nitrogens with one attached hydrogen (secondary N) is 1. The van der Waals surface area contributed by atoms with Gasteiger partial charge in [-0.05, 0) is 38.6 Å². The lowest BCUT2D eigenvalue weighted by molar-refractivity contribution is -0.167. The average molecular weight is 632 g/mol. The van der Waals surface area contributed by atoms with E-state index in [1.165, 1.54) is 4.90 Å². The molecule has 46 heavy (non-hydrogen) atoms. The fourth-order valence-corrected chi connectivity index (χ4v) is 6.55. The summed E-state index contributed by atoms with van der Waals surface area (Å²) in [5, 5.41) is 6.26. The van der Waals surface area contributed by atoms with Crippen LogP contribution in [0.3, 0.4) is 0 Å². The number of amides is 3. The van der Waals surface area contributed by atoms with Crippen molar-refractivity contribution >= 4 is 24.0 Å². The van der Waals surface area contributed by atoms with Crippen LogP contribution in [0.2, 0.25) is 0 Å². The first-order valence-electron chi connectivity index (χ1n) is 16.3. The van der Waals surface area contributed by atoms with Crippen LogP contribution in [0, 0.1) is 0 Å². The summed E-state index contributed by atoms with van der Waals surface area (Å²) in [5.74, 6) is 0.759. The molecule has 3 aliphatic rings. The van der Waals surface area contributed by atoms with Gasteiger partial charge in [0, 0.05) is 77.5 Å². The van der Waals surface area contributed by atoms with Gasteiger partial charge in [-0.2, -0.15) is 0 Å². The lowest BCUT2D eigenvalue weighted by Crippen LogP contribution is -2.70. The molecule has 0 aliphatic carbocycles. The van der Waals surface area contributed by atoms with Crippen molar-refractivity contribution in [2.45, 2.75) is 45.2 Å². The Bertz CT molecular complexity index is 1330. The molecule has 3 aliphatic heterocycles. The fraction of sp³-hybridized carbons (Fsp3) is 0.529. The Morgan fingerprint density at radius 3 is 2.48 bits per heavy atom. The number of aldehydes is 1. The zero-order chi connectivity index (χ0) is 32.6. The molecule has 1 N–H and O–H groups in total. The van der Waals surface area contributed by atoms with Crippen LogP contribution in [0.4, 0.5) is 10.6 Å².